The minimum atomic E-state index is 0.0312. The molecule has 0 unspecified atom stereocenters. The molecule has 1 amide bonds. The van der Waals surface area contributed by atoms with Crippen LogP contribution in [0.2, 0.25) is 0 Å². The van der Waals surface area contributed by atoms with E-state index in [0.29, 0.717) is 6.42 Å². The van der Waals surface area contributed by atoms with Crippen LogP contribution in [0.5, 0.6) is 0 Å². The molecule has 1 N–H and O–H groups in total. The second-order valence-electron chi connectivity index (χ2n) is 5.53. The second kappa shape index (κ2) is 5.91. The lowest BCUT2D eigenvalue weighted by Crippen LogP contribution is -2.15. The van der Waals surface area contributed by atoms with Gasteiger partial charge in [0.15, 0.2) is 0 Å². The monoisotopic (exact) mass is 267 g/mol. The number of carbonyl (C=O) groups excluding carboxylic acids is 1. The van der Waals surface area contributed by atoms with Crippen LogP contribution in [-0.2, 0) is 11.2 Å². The fourth-order valence-corrected chi connectivity index (χ4v) is 2.42. The summed E-state index contributed by atoms with van der Waals surface area (Å²) in [6.07, 6.45) is 0.417. The highest BCUT2D eigenvalue weighted by Gasteiger charge is 2.07. The molecule has 0 saturated heterocycles. The number of aryl methyl sites for hydroxylation is 4. The Morgan fingerprint density at radius 3 is 2.20 bits per heavy atom. The molecule has 104 valence electrons. The number of amides is 1. The van der Waals surface area contributed by atoms with Crippen LogP contribution in [0.25, 0.3) is 0 Å². The summed E-state index contributed by atoms with van der Waals surface area (Å²) >= 11 is 0. The predicted octanol–water partition coefficient (Wildman–Crippen LogP) is 4.10. The summed E-state index contributed by atoms with van der Waals surface area (Å²) in [6, 6.07) is 12.3. The molecule has 0 saturated carbocycles. The van der Waals surface area contributed by atoms with Crippen LogP contribution in [0, 0.1) is 27.7 Å². The maximum atomic E-state index is 12.2. The number of benzene rings is 2. The molecule has 2 heteroatoms. The van der Waals surface area contributed by atoms with E-state index in [-0.39, 0.29) is 5.91 Å². The third kappa shape index (κ3) is 3.70. The Balaban J connectivity index is 2.11. The van der Waals surface area contributed by atoms with Gasteiger partial charge in [-0.1, -0.05) is 29.8 Å². The summed E-state index contributed by atoms with van der Waals surface area (Å²) < 4.78 is 0. The Hall–Kier alpha value is -2.09. The third-order valence-corrected chi connectivity index (χ3v) is 3.36. The Morgan fingerprint density at radius 1 is 0.900 bits per heavy atom. The van der Waals surface area contributed by atoms with Gasteiger partial charge in [-0.05, 0) is 62.1 Å². The van der Waals surface area contributed by atoms with Gasteiger partial charge in [-0.15, -0.1) is 0 Å². The van der Waals surface area contributed by atoms with E-state index in [1.807, 2.05) is 39.8 Å². The smallest absolute Gasteiger partial charge is 0.228 e. The molecule has 0 bridgehead atoms. The van der Waals surface area contributed by atoms with Gasteiger partial charge in [0, 0.05) is 5.69 Å². The van der Waals surface area contributed by atoms with Crippen LogP contribution >= 0.6 is 0 Å². The van der Waals surface area contributed by atoms with Crippen molar-refractivity contribution in [2.45, 2.75) is 34.1 Å². The van der Waals surface area contributed by atoms with E-state index in [2.05, 4.69) is 29.6 Å². The van der Waals surface area contributed by atoms with Gasteiger partial charge in [-0.25, -0.2) is 0 Å². The van der Waals surface area contributed by atoms with Crippen molar-refractivity contribution in [3.8, 4) is 0 Å². The lowest BCUT2D eigenvalue weighted by atomic mass is 10.0. The van der Waals surface area contributed by atoms with Crippen molar-refractivity contribution < 1.29 is 4.79 Å². The zero-order valence-corrected chi connectivity index (χ0v) is 12.6. The molecule has 0 aliphatic rings. The van der Waals surface area contributed by atoms with E-state index in [4.69, 9.17) is 0 Å². The summed E-state index contributed by atoms with van der Waals surface area (Å²) in [4.78, 5) is 12.2. The van der Waals surface area contributed by atoms with E-state index >= 15 is 0 Å². The number of nitrogens with one attached hydrogen (secondary N) is 1. The van der Waals surface area contributed by atoms with Crippen molar-refractivity contribution in [3.05, 3.63) is 64.2 Å². The van der Waals surface area contributed by atoms with E-state index in [0.717, 1.165) is 27.9 Å². The first-order chi connectivity index (χ1) is 9.44. The van der Waals surface area contributed by atoms with Crippen LogP contribution < -0.4 is 5.32 Å². The maximum absolute atomic E-state index is 12.2. The molecule has 2 nitrogen and oxygen atoms in total. The number of carbonyl (C=O) groups is 1. The summed E-state index contributed by atoms with van der Waals surface area (Å²) in [5.74, 6) is 0.0312. The fourth-order valence-electron chi connectivity index (χ4n) is 2.42. The molecule has 0 fully saturated rings. The lowest BCUT2D eigenvalue weighted by Gasteiger charge is -2.10. The average Bonchev–Trinajstić information content (AvgIpc) is 2.32. The van der Waals surface area contributed by atoms with Gasteiger partial charge < -0.3 is 5.32 Å². The quantitative estimate of drug-likeness (QED) is 0.891. The van der Waals surface area contributed by atoms with Crippen molar-refractivity contribution >= 4 is 11.6 Å². The SMILES string of the molecule is Cc1cc(C)cc(NC(=O)Cc2cc(C)ccc2C)c1. The predicted molar refractivity (Wildman–Crippen MR) is 84.2 cm³/mol. The van der Waals surface area contributed by atoms with Gasteiger partial charge in [-0.2, -0.15) is 0 Å². The number of rotatable bonds is 3. The minimum Gasteiger partial charge on any atom is -0.326 e. The van der Waals surface area contributed by atoms with Gasteiger partial charge in [0.25, 0.3) is 0 Å². The van der Waals surface area contributed by atoms with Crippen LogP contribution in [0.3, 0.4) is 0 Å². The van der Waals surface area contributed by atoms with E-state index < -0.39 is 0 Å². The van der Waals surface area contributed by atoms with Gasteiger partial charge in [0.1, 0.15) is 0 Å². The van der Waals surface area contributed by atoms with E-state index in [1.165, 1.54) is 5.56 Å². The zero-order valence-electron chi connectivity index (χ0n) is 12.6. The summed E-state index contributed by atoms with van der Waals surface area (Å²) in [5, 5.41) is 2.98. The minimum absolute atomic E-state index is 0.0312. The molecule has 2 aromatic rings. The van der Waals surface area contributed by atoms with Crippen LogP contribution in [0.1, 0.15) is 27.8 Å². The molecule has 20 heavy (non-hydrogen) atoms. The highest BCUT2D eigenvalue weighted by molar-refractivity contribution is 5.92. The largest absolute Gasteiger partial charge is 0.326 e. The van der Waals surface area contributed by atoms with Gasteiger partial charge in [-0.3, -0.25) is 4.79 Å². The molecule has 2 aromatic carbocycles. The molecule has 0 aliphatic heterocycles. The first-order valence-electron chi connectivity index (χ1n) is 6.88. The van der Waals surface area contributed by atoms with E-state index in [1.54, 1.807) is 0 Å². The van der Waals surface area contributed by atoms with Gasteiger partial charge >= 0.3 is 0 Å². The van der Waals surface area contributed by atoms with Crippen molar-refractivity contribution in [3.63, 3.8) is 0 Å². The van der Waals surface area contributed by atoms with Gasteiger partial charge in [0.05, 0.1) is 6.42 Å². The molecule has 2 rings (SSSR count). The van der Waals surface area contributed by atoms with Gasteiger partial charge in [0.2, 0.25) is 5.91 Å². The molecule has 0 atom stereocenters. The topological polar surface area (TPSA) is 29.1 Å². The summed E-state index contributed by atoms with van der Waals surface area (Å²) in [5.41, 5.74) is 6.62. The number of anilines is 1. The van der Waals surface area contributed by atoms with Crippen molar-refractivity contribution in [2.75, 3.05) is 5.32 Å². The molecular weight excluding hydrogens is 246 g/mol. The first-order valence-corrected chi connectivity index (χ1v) is 6.88. The maximum Gasteiger partial charge on any atom is 0.228 e. The van der Waals surface area contributed by atoms with Crippen LogP contribution in [0.4, 0.5) is 5.69 Å². The molecular formula is C18H21NO. The Bertz CT molecular complexity index is 624. The molecule has 0 aromatic heterocycles. The zero-order chi connectivity index (χ0) is 14.7. The third-order valence-electron chi connectivity index (χ3n) is 3.36. The highest BCUT2D eigenvalue weighted by atomic mass is 16.1. The Kier molecular flexibility index (Phi) is 4.23. The molecule has 0 spiro atoms. The molecule has 0 radical (unpaired) electrons. The average molecular weight is 267 g/mol. The normalized spacial score (nSPS) is 10.4. The summed E-state index contributed by atoms with van der Waals surface area (Å²) in [7, 11) is 0. The van der Waals surface area contributed by atoms with Crippen molar-refractivity contribution in [1.82, 2.24) is 0 Å². The molecule has 0 aliphatic carbocycles. The first kappa shape index (κ1) is 14.3. The fraction of sp³-hybridized carbons (Fsp3) is 0.278. The van der Waals surface area contributed by atoms with Crippen LogP contribution in [-0.4, -0.2) is 5.91 Å². The van der Waals surface area contributed by atoms with E-state index in [9.17, 15) is 4.79 Å². The Labute approximate surface area is 120 Å². The standard InChI is InChI=1S/C18H21NO/c1-12-5-6-15(4)16(8-12)11-18(20)19-17-9-13(2)7-14(3)10-17/h5-10H,11H2,1-4H3,(H,19,20). The Morgan fingerprint density at radius 2 is 1.55 bits per heavy atom. The van der Waals surface area contributed by atoms with Crippen LogP contribution in [0.15, 0.2) is 36.4 Å². The molecule has 0 heterocycles. The second-order valence-corrected chi connectivity index (χ2v) is 5.53. The van der Waals surface area contributed by atoms with Crippen molar-refractivity contribution in [1.29, 1.82) is 0 Å². The van der Waals surface area contributed by atoms with Crippen molar-refractivity contribution in [2.24, 2.45) is 0 Å². The number of hydrogen-bond acceptors (Lipinski definition) is 1. The highest BCUT2D eigenvalue weighted by Crippen LogP contribution is 2.16. The summed E-state index contributed by atoms with van der Waals surface area (Å²) in [6.45, 7) is 8.16. The number of hydrogen-bond donors (Lipinski definition) is 1. The lowest BCUT2D eigenvalue weighted by molar-refractivity contribution is -0.115.